The molecule has 0 spiro atoms. The molecule has 94 valence electrons. The Hall–Kier alpha value is -0.630. The van der Waals surface area contributed by atoms with Crippen LogP contribution in [0.2, 0.25) is 0 Å². The number of hydrogen-bond acceptors (Lipinski definition) is 2. The lowest BCUT2D eigenvalue weighted by Gasteiger charge is -2.17. The molecule has 0 saturated heterocycles. The van der Waals surface area contributed by atoms with Gasteiger partial charge in [-0.25, -0.2) is 0 Å². The van der Waals surface area contributed by atoms with E-state index in [0.29, 0.717) is 17.6 Å². The zero-order valence-electron chi connectivity index (χ0n) is 11.5. The molecule has 0 N–H and O–H groups in total. The molecule has 2 heteroatoms. The van der Waals surface area contributed by atoms with Crippen LogP contribution in [0.4, 0.5) is 0 Å². The number of fused-ring (bicyclic) bond motifs is 1. The van der Waals surface area contributed by atoms with Gasteiger partial charge in [0.25, 0.3) is 0 Å². The fourth-order valence-electron chi connectivity index (χ4n) is 2.48. The second-order valence-electron chi connectivity index (χ2n) is 7.24. The average Bonchev–Trinajstić information content (AvgIpc) is 2.53. The van der Waals surface area contributed by atoms with Crippen molar-refractivity contribution >= 4 is 17.1 Å². The van der Waals surface area contributed by atoms with E-state index in [1.165, 1.54) is 10.4 Å². The van der Waals surface area contributed by atoms with Crippen LogP contribution in [0.25, 0.3) is 0 Å². The first-order valence-corrected chi connectivity index (χ1v) is 7.13. The lowest BCUT2D eigenvalue weighted by atomic mass is 9.89. The molecule has 1 aromatic rings. The molecule has 1 nitrogen and oxygen atoms in total. The highest BCUT2D eigenvalue weighted by molar-refractivity contribution is 7.14. The standard InChI is InChI=1S/C15H22OS/c1-14(2,3)8-11(16)12-6-10-7-15(4,5)9-13(10)17-12/h6H,7-9H2,1-5H3. The molecule has 0 bridgehead atoms. The Kier molecular flexibility index (Phi) is 2.97. The number of carbonyl (C=O) groups is 1. The van der Waals surface area contributed by atoms with Crippen molar-refractivity contribution in [3.05, 3.63) is 21.4 Å². The van der Waals surface area contributed by atoms with E-state index < -0.39 is 0 Å². The zero-order chi connectivity index (χ0) is 12.8. The second-order valence-corrected chi connectivity index (χ2v) is 8.37. The fourth-order valence-corrected chi connectivity index (χ4v) is 3.86. The first kappa shape index (κ1) is 12.8. The maximum Gasteiger partial charge on any atom is 0.173 e. The van der Waals surface area contributed by atoms with Crippen molar-refractivity contribution in [2.75, 3.05) is 0 Å². The largest absolute Gasteiger partial charge is 0.293 e. The average molecular weight is 250 g/mol. The van der Waals surface area contributed by atoms with Crippen LogP contribution in [0, 0.1) is 10.8 Å². The predicted molar refractivity (Wildman–Crippen MR) is 73.9 cm³/mol. The van der Waals surface area contributed by atoms with Gasteiger partial charge in [0.05, 0.1) is 4.88 Å². The van der Waals surface area contributed by atoms with Gasteiger partial charge in [-0.3, -0.25) is 4.79 Å². The van der Waals surface area contributed by atoms with E-state index in [2.05, 4.69) is 40.7 Å². The van der Waals surface area contributed by atoms with E-state index in [1.54, 1.807) is 11.3 Å². The molecule has 2 rings (SSSR count). The summed E-state index contributed by atoms with van der Waals surface area (Å²) in [4.78, 5) is 14.5. The predicted octanol–water partition coefficient (Wildman–Crippen LogP) is 4.49. The smallest absolute Gasteiger partial charge is 0.173 e. The Bertz CT molecular complexity index is 420. The lowest BCUT2D eigenvalue weighted by molar-refractivity contribution is 0.0944. The minimum Gasteiger partial charge on any atom is -0.293 e. The van der Waals surface area contributed by atoms with Gasteiger partial charge in [0, 0.05) is 11.3 Å². The van der Waals surface area contributed by atoms with Crippen molar-refractivity contribution in [2.45, 2.75) is 53.9 Å². The Labute approximate surface area is 108 Å². The normalized spacial score (nSPS) is 18.2. The monoisotopic (exact) mass is 250 g/mol. The van der Waals surface area contributed by atoms with Crippen LogP contribution in [0.3, 0.4) is 0 Å². The number of thiophene rings is 1. The molecule has 1 aliphatic carbocycles. The molecule has 0 unspecified atom stereocenters. The SMILES string of the molecule is CC(C)(C)CC(=O)c1cc2c(s1)CC(C)(C)C2. The summed E-state index contributed by atoms with van der Waals surface area (Å²) < 4.78 is 0. The third kappa shape index (κ3) is 2.98. The molecule has 1 aromatic heterocycles. The molecule has 0 fully saturated rings. The van der Waals surface area contributed by atoms with Crippen LogP contribution in [0.15, 0.2) is 6.07 Å². The first-order valence-electron chi connectivity index (χ1n) is 6.31. The zero-order valence-corrected chi connectivity index (χ0v) is 12.3. The van der Waals surface area contributed by atoms with E-state index in [-0.39, 0.29) is 5.41 Å². The number of Topliss-reactive ketones (excluding diaryl/α,β-unsaturated/α-hetero) is 1. The number of ketones is 1. The van der Waals surface area contributed by atoms with E-state index in [1.807, 2.05) is 0 Å². The Morgan fingerprint density at radius 1 is 1.35 bits per heavy atom. The highest BCUT2D eigenvalue weighted by Gasteiger charge is 2.31. The van der Waals surface area contributed by atoms with Crippen molar-refractivity contribution < 1.29 is 4.79 Å². The Morgan fingerprint density at radius 2 is 2.00 bits per heavy atom. The summed E-state index contributed by atoms with van der Waals surface area (Å²) in [5.41, 5.74) is 1.90. The van der Waals surface area contributed by atoms with Gasteiger partial charge in [0.2, 0.25) is 0 Å². The van der Waals surface area contributed by atoms with Crippen LogP contribution >= 0.6 is 11.3 Å². The molecule has 0 amide bonds. The van der Waals surface area contributed by atoms with Gasteiger partial charge in [0.15, 0.2) is 5.78 Å². The molecular weight excluding hydrogens is 228 g/mol. The van der Waals surface area contributed by atoms with Gasteiger partial charge >= 0.3 is 0 Å². The quantitative estimate of drug-likeness (QED) is 0.707. The molecule has 0 aliphatic heterocycles. The van der Waals surface area contributed by atoms with E-state index in [4.69, 9.17) is 0 Å². The summed E-state index contributed by atoms with van der Waals surface area (Å²) >= 11 is 1.72. The van der Waals surface area contributed by atoms with Crippen LogP contribution in [0.1, 0.15) is 61.2 Å². The fraction of sp³-hybridized carbons (Fsp3) is 0.667. The van der Waals surface area contributed by atoms with Crippen molar-refractivity contribution in [1.29, 1.82) is 0 Å². The van der Waals surface area contributed by atoms with Crippen LogP contribution < -0.4 is 0 Å². The highest BCUT2D eigenvalue weighted by Crippen LogP contribution is 2.41. The molecule has 0 aromatic carbocycles. The van der Waals surface area contributed by atoms with Crippen LogP contribution in [0.5, 0.6) is 0 Å². The second kappa shape index (κ2) is 3.94. The molecule has 0 radical (unpaired) electrons. The van der Waals surface area contributed by atoms with Gasteiger partial charge in [-0.1, -0.05) is 34.6 Å². The third-order valence-corrected chi connectivity index (χ3v) is 4.39. The Morgan fingerprint density at radius 3 is 2.53 bits per heavy atom. The minimum absolute atomic E-state index is 0.0881. The summed E-state index contributed by atoms with van der Waals surface area (Å²) in [6, 6.07) is 2.14. The maximum atomic E-state index is 12.1. The molecule has 0 atom stereocenters. The summed E-state index contributed by atoms with van der Waals surface area (Å²) in [5.74, 6) is 0.315. The highest BCUT2D eigenvalue weighted by atomic mass is 32.1. The summed E-state index contributed by atoms with van der Waals surface area (Å²) in [5, 5.41) is 0. The van der Waals surface area contributed by atoms with Crippen LogP contribution in [-0.2, 0) is 12.8 Å². The lowest BCUT2D eigenvalue weighted by Crippen LogP contribution is -2.13. The summed E-state index contributed by atoms with van der Waals surface area (Å²) in [6.45, 7) is 11.0. The van der Waals surface area contributed by atoms with Gasteiger partial charge < -0.3 is 0 Å². The van der Waals surface area contributed by atoms with Crippen molar-refractivity contribution in [3.63, 3.8) is 0 Å². The first-order chi connectivity index (χ1) is 7.66. The van der Waals surface area contributed by atoms with E-state index in [9.17, 15) is 4.79 Å². The van der Waals surface area contributed by atoms with Gasteiger partial charge in [-0.05, 0) is 35.3 Å². The molecule has 0 saturated carbocycles. The van der Waals surface area contributed by atoms with Crippen molar-refractivity contribution in [1.82, 2.24) is 0 Å². The topological polar surface area (TPSA) is 17.1 Å². The minimum atomic E-state index is 0.0881. The third-order valence-electron chi connectivity index (χ3n) is 3.17. The number of rotatable bonds is 2. The Balaban J connectivity index is 2.14. The van der Waals surface area contributed by atoms with Gasteiger partial charge in [-0.15, -0.1) is 11.3 Å². The van der Waals surface area contributed by atoms with Gasteiger partial charge in [0.1, 0.15) is 0 Å². The number of hydrogen-bond donors (Lipinski definition) is 0. The summed E-state index contributed by atoms with van der Waals surface area (Å²) in [6.07, 6.45) is 2.91. The van der Waals surface area contributed by atoms with Crippen LogP contribution in [-0.4, -0.2) is 5.78 Å². The summed E-state index contributed by atoms with van der Waals surface area (Å²) in [7, 11) is 0. The molecular formula is C15H22OS. The number of carbonyl (C=O) groups excluding carboxylic acids is 1. The van der Waals surface area contributed by atoms with E-state index in [0.717, 1.165) is 17.7 Å². The molecule has 17 heavy (non-hydrogen) atoms. The molecule has 1 heterocycles. The maximum absolute atomic E-state index is 12.1. The van der Waals surface area contributed by atoms with Gasteiger partial charge in [-0.2, -0.15) is 0 Å². The van der Waals surface area contributed by atoms with E-state index >= 15 is 0 Å². The van der Waals surface area contributed by atoms with Crippen molar-refractivity contribution in [3.8, 4) is 0 Å². The molecule has 1 aliphatic rings. The van der Waals surface area contributed by atoms with Crippen molar-refractivity contribution in [2.24, 2.45) is 10.8 Å².